The minimum absolute atomic E-state index is 0. The lowest BCUT2D eigenvalue weighted by Crippen LogP contribution is -2.48. The highest BCUT2D eigenvalue weighted by Gasteiger charge is 2.27. The highest BCUT2D eigenvalue weighted by Crippen LogP contribution is 2.22. The first-order chi connectivity index (χ1) is 13.1. The number of pyridine rings is 1. The molecule has 1 atom stereocenters. The van der Waals surface area contributed by atoms with Crippen LogP contribution in [0.5, 0.6) is 0 Å². The Kier molecular flexibility index (Phi) is 8.16. The third-order valence-corrected chi connectivity index (χ3v) is 4.61. The van der Waals surface area contributed by atoms with E-state index in [9.17, 15) is 14.9 Å². The van der Waals surface area contributed by atoms with Crippen LogP contribution in [0, 0.1) is 10.1 Å². The van der Waals surface area contributed by atoms with Gasteiger partial charge in [0.2, 0.25) is 5.91 Å². The van der Waals surface area contributed by atoms with Crippen molar-refractivity contribution in [1.29, 1.82) is 0 Å². The van der Waals surface area contributed by atoms with Crippen LogP contribution in [0.2, 0.25) is 0 Å². The van der Waals surface area contributed by atoms with Gasteiger partial charge in [0.15, 0.2) is 0 Å². The van der Waals surface area contributed by atoms with Crippen molar-refractivity contribution in [2.75, 3.05) is 31.5 Å². The number of nitro groups is 1. The Labute approximate surface area is 169 Å². The SMILES string of the molecule is Cl.O=C(CCCNc1ccc([N+](=O)[O-])cc1)N1CCNCC1c1cccnc1. The second-order valence-corrected chi connectivity index (χ2v) is 6.43. The van der Waals surface area contributed by atoms with E-state index in [1.165, 1.54) is 12.1 Å². The van der Waals surface area contributed by atoms with E-state index < -0.39 is 4.92 Å². The van der Waals surface area contributed by atoms with Crippen molar-refractivity contribution in [3.8, 4) is 0 Å². The summed E-state index contributed by atoms with van der Waals surface area (Å²) in [7, 11) is 0. The summed E-state index contributed by atoms with van der Waals surface area (Å²) in [5.41, 5.74) is 1.92. The van der Waals surface area contributed by atoms with Crippen LogP contribution in [-0.4, -0.2) is 46.9 Å². The normalized spacial score (nSPS) is 16.1. The predicted octanol–water partition coefficient (Wildman–Crippen LogP) is 2.78. The number of anilines is 1. The number of carbonyl (C=O) groups is 1. The van der Waals surface area contributed by atoms with Gasteiger partial charge < -0.3 is 15.5 Å². The minimum Gasteiger partial charge on any atom is -0.385 e. The number of piperazine rings is 1. The molecule has 2 aromatic rings. The lowest BCUT2D eigenvalue weighted by atomic mass is 10.0. The van der Waals surface area contributed by atoms with Crippen LogP contribution in [0.4, 0.5) is 11.4 Å². The van der Waals surface area contributed by atoms with Crippen molar-refractivity contribution in [3.63, 3.8) is 0 Å². The molecule has 1 aliphatic rings. The van der Waals surface area contributed by atoms with Gasteiger partial charge in [-0.25, -0.2) is 0 Å². The summed E-state index contributed by atoms with van der Waals surface area (Å²) in [4.78, 5) is 29.0. The molecule has 1 fully saturated rings. The lowest BCUT2D eigenvalue weighted by molar-refractivity contribution is -0.384. The summed E-state index contributed by atoms with van der Waals surface area (Å²) in [6.07, 6.45) is 4.69. The number of hydrogen-bond acceptors (Lipinski definition) is 6. The topological polar surface area (TPSA) is 100 Å². The summed E-state index contributed by atoms with van der Waals surface area (Å²) in [5, 5.41) is 17.2. The maximum absolute atomic E-state index is 12.7. The van der Waals surface area contributed by atoms with Gasteiger partial charge in [0, 0.05) is 62.8 Å². The first-order valence-electron chi connectivity index (χ1n) is 9.03. The molecule has 1 unspecified atom stereocenters. The number of carbonyl (C=O) groups excluding carboxylic acids is 1. The predicted molar refractivity (Wildman–Crippen MR) is 110 cm³/mol. The van der Waals surface area contributed by atoms with Gasteiger partial charge in [0.1, 0.15) is 0 Å². The Morgan fingerprint density at radius 3 is 2.79 bits per heavy atom. The number of rotatable bonds is 7. The fourth-order valence-electron chi connectivity index (χ4n) is 3.19. The Morgan fingerprint density at radius 2 is 2.11 bits per heavy atom. The number of benzene rings is 1. The van der Waals surface area contributed by atoms with Crippen molar-refractivity contribution in [3.05, 3.63) is 64.5 Å². The van der Waals surface area contributed by atoms with E-state index in [1.807, 2.05) is 23.2 Å². The average Bonchev–Trinajstić information content (AvgIpc) is 2.72. The molecule has 0 bridgehead atoms. The smallest absolute Gasteiger partial charge is 0.269 e. The van der Waals surface area contributed by atoms with Crippen LogP contribution in [0.1, 0.15) is 24.4 Å². The minimum atomic E-state index is -0.422. The first kappa shape index (κ1) is 21.6. The summed E-state index contributed by atoms with van der Waals surface area (Å²) >= 11 is 0. The van der Waals surface area contributed by atoms with E-state index in [-0.39, 0.29) is 30.0 Å². The van der Waals surface area contributed by atoms with Crippen molar-refractivity contribution in [2.24, 2.45) is 0 Å². The standard InChI is InChI=1S/C19H23N5O3.ClH/c25-19(4-2-10-22-16-5-7-17(8-6-16)24(26)27)23-12-11-21-14-18(23)15-3-1-9-20-13-15;/h1,3,5-9,13,18,21-22H,2,4,10-12,14H2;1H. The van der Waals surface area contributed by atoms with E-state index in [4.69, 9.17) is 0 Å². The fourth-order valence-corrected chi connectivity index (χ4v) is 3.19. The number of non-ortho nitro benzene ring substituents is 1. The molecule has 0 spiro atoms. The molecule has 1 aromatic heterocycles. The van der Waals surface area contributed by atoms with E-state index in [2.05, 4.69) is 15.6 Å². The highest BCUT2D eigenvalue weighted by molar-refractivity contribution is 5.85. The second-order valence-electron chi connectivity index (χ2n) is 6.43. The number of nitrogens with zero attached hydrogens (tertiary/aromatic N) is 3. The van der Waals surface area contributed by atoms with Crippen molar-refractivity contribution >= 4 is 29.7 Å². The zero-order chi connectivity index (χ0) is 19.1. The molecule has 1 amide bonds. The molecule has 3 rings (SSSR count). The monoisotopic (exact) mass is 405 g/mol. The molecule has 0 aliphatic carbocycles. The number of halogens is 1. The molecular formula is C19H24ClN5O3. The summed E-state index contributed by atoms with van der Waals surface area (Å²) < 4.78 is 0. The maximum atomic E-state index is 12.7. The summed E-state index contributed by atoms with van der Waals surface area (Å²) in [6.45, 7) is 2.85. The Bertz CT molecular complexity index is 773. The van der Waals surface area contributed by atoms with Gasteiger partial charge in [0.25, 0.3) is 5.69 Å². The maximum Gasteiger partial charge on any atom is 0.269 e. The average molecular weight is 406 g/mol. The first-order valence-corrected chi connectivity index (χ1v) is 9.03. The van der Waals surface area contributed by atoms with E-state index >= 15 is 0 Å². The molecule has 28 heavy (non-hydrogen) atoms. The third kappa shape index (κ3) is 5.64. The Morgan fingerprint density at radius 1 is 1.32 bits per heavy atom. The number of amides is 1. The van der Waals surface area contributed by atoms with Gasteiger partial charge in [-0.1, -0.05) is 6.07 Å². The fraction of sp³-hybridized carbons (Fsp3) is 0.368. The number of hydrogen-bond donors (Lipinski definition) is 2. The largest absolute Gasteiger partial charge is 0.385 e. The van der Waals surface area contributed by atoms with E-state index in [0.29, 0.717) is 25.9 Å². The molecule has 1 aliphatic heterocycles. The van der Waals surface area contributed by atoms with Crippen LogP contribution in [-0.2, 0) is 4.79 Å². The summed E-state index contributed by atoms with van der Waals surface area (Å²) in [5.74, 6) is 0.135. The second kappa shape index (κ2) is 10.6. The molecule has 2 heterocycles. The molecule has 2 N–H and O–H groups in total. The number of nitrogens with one attached hydrogen (secondary N) is 2. The van der Waals surface area contributed by atoms with Gasteiger partial charge in [-0.15, -0.1) is 12.4 Å². The summed E-state index contributed by atoms with van der Waals surface area (Å²) in [6, 6.07) is 10.2. The van der Waals surface area contributed by atoms with Crippen molar-refractivity contribution in [2.45, 2.75) is 18.9 Å². The number of nitro benzene ring substituents is 1. The van der Waals surface area contributed by atoms with Gasteiger partial charge >= 0.3 is 0 Å². The molecule has 8 nitrogen and oxygen atoms in total. The molecule has 1 saturated heterocycles. The zero-order valence-electron chi connectivity index (χ0n) is 15.4. The molecule has 1 aromatic carbocycles. The van der Waals surface area contributed by atoms with E-state index in [1.54, 1.807) is 18.3 Å². The van der Waals surface area contributed by atoms with Gasteiger partial charge in [-0.3, -0.25) is 19.9 Å². The Hall–Kier alpha value is -2.71. The third-order valence-electron chi connectivity index (χ3n) is 4.61. The van der Waals surface area contributed by atoms with E-state index in [0.717, 1.165) is 24.3 Å². The molecule has 0 saturated carbocycles. The van der Waals surface area contributed by atoms with Gasteiger partial charge in [0.05, 0.1) is 11.0 Å². The zero-order valence-corrected chi connectivity index (χ0v) is 16.2. The Balaban J connectivity index is 0.00000280. The van der Waals surface area contributed by atoms with Gasteiger partial charge in [-0.2, -0.15) is 0 Å². The van der Waals surface area contributed by atoms with Crippen molar-refractivity contribution in [1.82, 2.24) is 15.2 Å². The van der Waals surface area contributed by atoms with Crippen LogP contribution in [0.15, 0.2) is 48.8 Å². The number of aromatic nitrogens is 1. The van der Waals surface area contributed by atoms with Crippen LogP contribution >= 0.6 is 12.4 Å². The van der Waals surface area contributed by atoms with Gasteiger partial charge in [-0.05, 0) is 30.2 Å². The molecule has 0 radical (unpaired) electrons. The van der Waals surface area contributed by atoms with Crippen LogP contribution < -0.4 is 10.6 Å². The molecule has 9 heteroatoms. The quantitative estimate of drug-likeness (QED) is 0.417. The van der Waals surface area contributed by atoms with Crippen LogP contribution in [0.3, 0.4) is 0 Å². The highest BCUT2D eigenvalue weighted by atomic mass is 35.5. The molecular weight excluding hydrogens is 382 g/mol. The van der Waals surface area contributed by atoms with Crippen LogP contribution in [0.25, 0.3) is 0 Å². The van der Waals surface area contributed by atoms with Crippen molar-refractivity contribution < 1.29 is 9.72 Å². The molecule has 150 valence electrons. The lowest BCUT2D eigenvalue weighted by Gasteiger charge is -2.36.